The average Bonchev–Trinajstić information content (AvgIpc) is 3.25. The second kappa shape index (κ2) is 3.83. The Morgan fingerprint density at radius 2 is 2.13 bits per heavy atom. The van der Waals surface area contributed by atoms with E-state index in [1.54, 1.807) is 12.1 Å². The van der Waals surface area contributed by atoms with Crippen LogP contribution in [0.2, 0.25) is 0 Å². The highest BCUT2D eigenvalue weighted by Crippen LogP contribution is 2.76. The van der Waals surface area contributed by atoms with Crippen molar-refractivity contribution >= 4 is 5.97 Å². The van der Waals surface area contributed by atoms with Crippen LogP contribution < -0.4 is 4.74 Å². The number of phenols is 1. The van der Waals surface area contributed by atoms with Crippen LogP contribution in [0.25, 0.3) is 0 Å². The number of esters is 1. The van der Waals surface area contributed by atoms with Gasteiger partial charge in [0.25, 0.3) is 0 Å². The second-order valence-corrected chi connectivity index (χ2v) is 7.87. The van der Waals surface area contributed by atoms with Gasteiger partial charge in [0.05, 0.1) is 12.7 Å². The number of methoxy groups -OCH3 is 1. The van der Waals surface area contributed by atoms with Gasteiger partial charge in [-0.05, 0) is 36.3 Å². The Bertz CT molecular complexity index is 739. The summed E-state index contributed by atoms with van der Waals surface area (Å²) in [6.45, 7) is 4.60. The number of aromatic hydroxyl groups is 1. The monoisotopic (exact) mass is 316 g/mol. The van der Waals surface area contributed by atoms with Gasteiger partial charge in [-0.1, -0.05) is 13.8 Å². The minimum Gasteiger partial charge on any atom is -0.507 e. The van der Waals surface area contributed by atoms with Crippen molar-refractivity contribution in [3.8, 4) is 11.5 Å². The number of phenolic OH excluding ortho intramolecular Hbond substituents is 1. The summed E-state index contributed by atoms with van der Waals surface area (Å²) >= 11 is 0. The minimum absolute atomic E-state index is 0.0557. The molecule has 1 N–H and O–H groups in total. The quantitative estimate of drug-likeness (QED) is 0.637. The fraction of sp³-hybridized carbons (Fsp3) is 0.611. The molecule has 2 heterocycles. The van der Waals surface area contributed by atoms with Gasteiger partial charge in [-0.2, -0.15) is 0 Å². The highest BCUT2D eigenvalue weighted by Gasteiger charge is 2.79. The van der Waals surface area contributed by atoms with Crippen molar-refractivity contribution in [2.75, 3.05) is 7.11 Å². The molecule has 1 aromatic rings. The zero-order chi connectivity index (χ0) is 16.1. The molecule has 5 aliphatic rings. The van der Waals surface area contributed by atoms with Crippen LogP contribution in [-0.2, 0) is 9.47 Å². The highest BCUT2D eigenvalue weighted by atomic mass is 16.7. The topological polar surface area (TPSA) is 68.3 Å². The summed E-state index contributed by atoms with van der Waals surface area (Å²) in [7, 11) is 1.31. The number of fused-ring (bicyclic) bond motifs is 2. The first-order valence-electron chi connectivity index (χ1n) is 8.20. The number of epoxide rings is 1. The normalized spacial score (nSPS) is 40.7. The molecule has 2 bridgehead atoms. The molecule has 6 rings (SSSR count). The molecule has 1 spiro atoms. The number of ether oxygens (including phenoxy) is 3. The van der Waals surface area contributed by atoms with Crippen molar-refractivity contribution < 1.29 is 24.1 Å². The number of rotatable bonds is 1. The molecule has 5 unspecified atom stereocenters. The molecule has 5 nitrogen and oxygen atoms in total. The second-order valence-electron chi connectivity index (χ2n) is 7.87. The van der Waals surface area contributed by atoms with Crippen LogP contribution in [0.15, 0.2) is 12.1 Å². The summed E-state index contributed by atoms with van der Waals surface area (Å²) in [5.74, 6) is 1.15. The van der Waals surface area contributed by atoms with Gasteiger partial charge < -0.3 is 19.3 Å². The molecule has 5 heteroatoms. The zero-order valence-electron chi connectivity index (χ0n) is 13.5. The zero-order valence-corrected chi connectivity index (χ0v) is 13.5. The summed E-state index contributed by atoms with van der Waals surface area (Å²) < 4.78 is 17.1. The van der Waals surface area contributed by atoms with E-state index < -0.39 is 5.97 Å². The maximum absolute atomic E-state index is 11.8. The largest absolute Gasteiger partial charge is 0.507 e. The van der Waals surface area contributed by atoms with E-state index in [2.05, 4.69) is 13.8 Å². The van der Waals surface area contributed by atoms with E-state index in [1.165, 1.54) is 7.11 Å². The summed E-state index contributed by atoms with van der Waals surface area (Å²) in [5.41, 5.74) is 0.713. The summed E-state index contributed by atoms with van der Waals surface area (Å²) in [5, 5.41) is 10.6. The molecule has 1 saturated heterocycles. The lowest BCUT2D eigenvalue weighted by Gasteiger charge is -2.62. The van der Waals surface area contributed by atoms with Gasteiger partial charge in [0.15, 0.2) is 0 Å². The third-order valence-electron chi connectivity index (χ3n) is 6.81. The fourth-order valence-corrected chi connectivity index (χ4v) is 5.33. The summed E-state index contributed by atoms with van der Waals surface area (Å²) in [6.07, 6.45) is 2.04. The van der Waals surface area contributed by atoms with Crippen LogP contribution in [0.4, 0.5) is 0 Å². The Hall–Kier alpha value is -1.75. The Kier molecular flexibility index (Phi) is 2.28. The van der Waals surface area contributed by atoms with E-state index in [9.17, 15) is 9.90 Å². The molecule has 4 fully saturated rings. The number of benzene rings is 1. The van der Waals surface area contributed by atoms with E-state index in [0.29, 0.717) is 23.1 Å². The number of hydrogen-bond donors (Lipinski definition) is 1. The van der Waals surface area contributed by atoms with Crippen LogP contribution in [0.1, 0.15) is 48.7 Å². The van der Waals surface area contributed by atoms with E-state index in [4.69, 9.17) is 14.2 Å². The molecular weight excluding hydrogens is 296 g/mol. The lowest BCUT2D eigenvalue weighted by Crippen LogP contribution is -2.64. The predicted molar refractivity (Wildman–Crippen MR) is 80.4 cm³/mol. The van der Waals surface area contributed by atoms with Crippen molar-refractivity contribution in [3.05, 3.63) is 23.3 Å². The Morgan fingerprint density at radius 3 is 2.83 bits per heavy atom. The first-order valence-corrected chi connectivity index (χ1v) is 8.20. The fourth-order valence-electron chi connectivity index (χ4n) is 5.33. The molecule has 1 aromatic carbocycles. The van der Waals surface area contributed by atoms with Gasteiger partial charge in [0, 0.05) is 5.92 Å². The summed E-state index contributed by atoms with van der Waals surface area (Å²) in [6, 6.07) is 3.31. The van der Waals surface area contributed by atoms with Gasteiger partial charge in [-0.3, -0.25) is 0 Å². The van der Waals surface area contributed by atoms with Gasteiger partial charge in [0.2, 0.25) is 0 Å². The van der Waals surface area contributed by atoms with Gasteiger partial charge in [-0.15, -0.1) is 0 Å². The maximum atomic E-state index is 11.8. The first kappa shape index (κ1) is 13.7. The van der Waals surface area contributed by atoms with Crippen molar-refractivity contribution in [2.45, 2.75) is 44.5 Å². The van der Waals surface area contributed by atoms with E-state index >= 15 is 0 Å². The lowest BCUT2D eigenvalue weighted by molar-refractivity contribution is -0.165. The minimum atomic E-state index is -0.546. The predicted octanol–water partition coefficient (Wildman–Crippen LogP) is 2.82. The van der Waals surface area contributed by atoms with E-state index in [1.807, 2.05) is 0 Å². The van der Waals surface area contributed by atoms with Gasteiger partial charge >= 0.3 is 5.97 Å². The molecule has 23 heavy (non-hydrogen) atoms. The van der Waals surface area contributed by atoms with E-state index in [0.717, 1.165) is 12.8 Å². The molecule has 0 radical (unpaired) electrons. The standard InChI is InChI=1S/C18H20O5/c1-17(2)8-6-11(17)18-12(7-8)22-10-5-4-9(16(20)21-3)14(19)13(10)15(18)23-18/h4-5,8,11-12,15,19H,6-7H2,1-3H3. The van der Waals surface area contributed by atoms with Crippen molar-refractivity contribution in [2.24, 2.45) is 17.3 Å². The number of hydrogen-bond acceptors (Lipinski definition) is 5. The average molecular weight is 316 g/mol. The van der Waals surface area contributed by atoms with Crippen molar-refractivity contribution in [1.82, 2.24) is 0 Å². The number of carbonyl (C=O) groups is 1. The molecule has 2 aliphatic heterocycles. The first-order chi connectivity index (χ1) is 10.9. The van der Waals surface area contributed by atoms with Crippen LogP contribution in [-0.4, -0.2) is 29.9 Å². The highest BCUT2D eigenvalue weighted by molar-refractivity contribution is 5.93. The van der Waals surface area contributed by atoms with Gasteiger partial charge in [-0.25, -0.2) is 4.79 Å². The molecule has 0 amide bonds. The Labute approximate surface area is 134 Å². The Balaban J connectivity index is 1.62. The van der Waals surface area contributed by atoms with E-state index in [-0.39, 0.29) is 34.5 Å². The molecule has 122 valence electrons. The third kappa shape index (κ3) is 1.37. The third-order valence-corrected chi connectivity index (χ3v) is 6.81. The SMILES string of the molecule is COC(=O)c1ccc2c(c1O)C1OC13C(CC1CC3C1(C)C)O2. The van der Waals surface area contributed by atoms with Crippen molar-refractivity contribution in [1.29, 1.82) is 0 Å². The van der Waals surface area contributed by atoms with Crippen LogP contribution >= 0.6 is 0 Å². The lowest BCUT2D eigenvalue weighted by atomic mass is 9.43. The Morgan fingerprint density at radius 1 is 1.35 bits per heavy atom. The maximum Gasteiger partial charge on any atom is 0.341 e. The number of carbonyl (C=O) groups excluding carboxylic acids is 1. The van der Waals surface area contributed by atoms with Gasteiger partial charge in [0.1, 0.15) is 34.9 Å². The molecule has 3 saturated carbocycles. The van der Waals surface area contributed by atoms with Crippen LogP contribution in [0, 0.1) is 17.3 Å². The molecular formula is C18H20O5. The van der Waals surface area contributed by atoms with Crippen molar-refractivity contribution in [3.63, 3.8) is 0 Å². The smallest absolute Gasteiger partial charge is 0.341 e. The molecule has 0 aromatic heterocycles. The van der Waals surface area contributed by atoms with Crippen LogP contribution in [0.3, 0.4) is 0 Å². The molecule has 5 atom stereocenters. The molecule has 3 aliphatic carbocycles. The van der Waals surface area contributed by atoms with Crippen LogP contribution in [0.5, 0.6) is 11.5 Å². The summed E-state index contributed by atoms with van der Waals surface area (Å²) in [4.78, 5) is 11.8.